The van der Waals surface area contributed by atoms with Gasteiger partial charge in [-0.05, 0) is 31.1 Å². The smallest absolute Gasteiger partial charge is 0.306 e. The maximum absolute atomic E-state index is 12.7. The summed E-state index contributed by atoms with van der Waals surface area (Å²) in [4.78, 5) is 37.9. The van der Waals surface area contributed by atoms with Crippen LogP contribution in [0.15, 0.2) is 0 Å². The molecule has 0 heterocycles. The molecule has 0 saturated carbocycles. The van der Waals surface area contributed by atoms with Crippen molar-refractivity contribution in [2.75, 3.05) is 13.2 Å². The Labute approximate surface area is 361 Å². The summed E-state index contributed by atoms with van der Waals surface area (Å²) in [5, 5.41) is 0. The van der Waals surface area contributed by atoms with E-state index in [-0.39, 0.29) is 31.1 Å². The van der Waals surface area contributed by atoms with Crippen molar-refractivity contribution >= 4 is 17.9 Å². The molecule has 0 radical (unpaired) electrons. The number of carbonyl (C=O) groups excluding carboxylic acids is 3. The van der Waals surface area contributed by atoms with E-state index in [4.69, 9.17) is 14.2 Å². The summed E-state index contributed by atoms with van der Waals surface area (Å²) in [6.45, 7) is 11.3. The molecule has 6 nitrogen and oxygen atoms in total. The first-order chi connectivity index (χ1) is 28.3. The molecular formula is C52H100O6. The third-order valence-corrected chi connectivity index (χ3v) is 12.1. The van der Waals surface area contributed by atoms with Crippen LogP contribution in [0.4, 0.5) is 0 Å². The Morgan fingerprint density at radius 2 is 0.655 bits per heavy atom. The van der Waals surface area contributed by atoms with Gasteiger partial charge in [0.25, 0.3) is 0 Å². The lowest BCUT2D eigenvalue weighted by Gasteiger charge is -2.18. The monoisotopic (exact) mass is 821 g/mol. The molecule has 0 bridgehead atoms. The minimum atomic E-state index is -0.762. The standard InChI is InChI=1S/C52H100O6/c1-6-8-9-10-11-12-13-14-15-16-17-18-19-23-26-32-37-42-50(53)56-45-49(58-52(55)44-39-34-29-28-31-36-41-48(5)7-2)46-57-51(54)43-38-33-27-24-21-20-22-25-30-35-40-47(3)4/h47-49H,6-46H2,1-5H3/t48?,49-/m1/s1. The zero-order valence-corrected chi connectivity index (χ0v) is 39.7. The van der Waals surface area contributed by atoms with Crippen molar-refractivity contribution in [2.45, 2.75) is 291 Å². The van der Waals surface area contributed by atoms with Crippen LogP contribution in [0.5, 0.6) is 0 Å². The molecule has 58 heavy (non-hydrogen) atoms. The molecule has 0 aromatic rings. The number of unbranched alkanes of at least 4 members (excludes halogenated alkanes) is 30. The number of hydrogen-bond donors (Lipinski definition) is 0. The van der Waals surface area contributed by atoms with Crippen LogP contribution in [0.25, 0.3) is 0 Å². The van der Waals surface area contributed by atoms with E-state index in [1.54, 1.807) is 0 Å². The molecule has 2 atom stereocenters. The number of carbonyl (C=O) groups is 3. The molecule has 0 aliphatic rings. The van der Waals surface area contributed by atoms with Crippen molar-refractivity contribution in [1.29, 1.82) is 0 Å². The fourth-order valence-corrected chi connectivity index (χ4v) is 7.78. The fourth-order valence-electron chi connectivity index (χ4n) is 7.78. The van der Waals surface area contributed by atoms with Gasteiger partial charge in [0.05, 0.1) is 0 Å². The third kappa shape index (κ3) is 44.0. The molecule has 0 fully saturated rings. The molecule has 0 spiro atoms. The average Bonchev–Trinajstić information content (AvgIpc) is 3.21. The third-order valence-electron chi connectivity index (χ3n) is 12.1. The molecule has 0 amide bonds. The van der Waals surface area contributed by atoms with Crippen LogP contribution in [0.3, 0.4) is 0 Å². The summed E-state index contributed by atoms with van der Waals surface area (Å²) in [6.07, 6.45) is 45.2. The van der Waals surface area contributed by atoms with E-state index in [0.29, 0.717) is 19.3 Å². The first kappa shape index (κ1) is 56.4. The van der Waals surface area contributed by atoms with Gasteiger partial charge in [0, 0.05) is 19.3 Å². The fraction of sp³-hybridized carbons (Fsp3) is 0.942. The number of ether oxygens (including phenoxy) is 3. The minimum Gasteiger partial charge on any atom is -0.462 e. The van der Waals surface area contributed by atoms with Gasteiger partial charge >= 0.3 is 17.9 Å². The van der Waals surface area contributed by atoms with E-state index < -0.39 is 6.10 Å². The van der Waals surface area contributed by atoms with Gasteiger partial charge in [0.2, 0.25) is 0 Å². The molecule has 344 valence electrons. The lowest BCUT2D eigenvalue weighted by atomic mass is 10.00. The van der Waals surface area contributed by atoms with E-state index in [1.165, 1.54) is 173 Å². The quantitative estimate of drug-likeness (QED) is 0.0346. The van der Waals surface area contributed by atoms with E-state index in [9.17, 15) is 14.4 Å². The summed E-state index contributed by atoms with van der Waals surface area (Å²) >= 11 is 0. The second kappa shape index (κ2) is 44.9. The minimum absolute atomic E-state index is 0.0648. The zero-order chi connectivity index (χ0) is 42.6. The molecule has 0 aliphatic heterocycles. The number of esters is 3. The zero-order valence-electron chi connectivity index (χ0n) is 39.7. The van der Waals surface area contributed by atoms with Crippen LogP contribution < -0.4 is 0 Å². The Hall–Kier alpha value is -1.59. The predicted octanol–water partition coefficient (Wildman–Crippen LogP) is 16.5. The Kier molecular flexibility index (Phi) is 43.7. The molecule has 0 aromatic carbocycles. The summed E-state index contributed by atoms with van der Waals surface area (Å²) in [5.74, 6) is 0.775. The topological polar surface area (TPSA) is 78.9 Å². The first-order valence-electron chi connectivity index (χ1n) is 25.8. The van der Waals surface area contributed by atoms with Crippen molar-refractivity contribution in [2.24, 2.45) is 11.8 Å². The van der Waals surface area contributed by atoms with Crippen molar-refractivity contribution in [1.82, 2.24) is 0 Å². The van der Waals surface area contributed by atoms with Crippen LogP contribution in [-0.2, 0) is 28.6 Å². The Balaban J connectivity index is 4.27. The second-order valence-corrected chi connectivity index (χ2v) is 18.5. The molecule has 0 aliphatic carbocycles. The highest BCUT2D eigenvalue weighted by Gasteiger charge is 2.19. The molecule has 0 saturated heterocycles. The van der Waals surface area contributed by atoms with Gasteiger partial charge in [0.1, 0.15) is 13.2 Å². The maximum Gasteiger partial charge on any atom is 0.306 e. The lowest BCUT2D eigenvalue weighted by molar-refractivity contribution is -0.167. The van der Waals surface area contributed by atoms with Crippen molar-refractivity contribution in [3.8, 4) is 0 Å². The van der Waals surface area contributed by atoms with Crippen molar-refractivity contribution in [3.63, 3.8) is 0 Å². The van der Waals surface area contributed by atoms with Gasteiger partial charge in [-0.3, -0.25) is 14.4 Å². The van der Waals surface area contributed by atoms with Gasteiger partial charge < -0.3 is 14.2 Å². The Morgan fingerprint density at radius 1 is 0.362 bits per heavy atom. The Bertz CT molecular complexity index is 887. The van der Waals surface area contributed by atoms with E-state index in [1.807, 2.05) is 0 Å². The Morgan fingerprint density at radius 3 is 0.983 bits per heavy atom. The summed E-state index contributed by atoms with van der Waals surface area (Å²) in [5.41, 5.74) is 0. The average molecular weight is 821 g/mol. The SMILES string of the molecule is CCCCCCCCCCCCCCCCCCCC(=O)OC[C@H](COC(=O)CCCCCCCCCCCCC(C)C)OC(=O)CCCCCCCCC(C)CC. The van der Waals surface area contributed by atoms with Gasteiger partial charge in [-0.25, -0.2) is 0 Å². The number of rotatable bonds is 46. The van der Waals surface area contributed by atoms with Crippen LogP contribution in [0.2, 0.25) is 0 Å². The largest absolute Gasteiger partial charge is 0.462 e. The molecule has 1 unspecified atom stereocenters. The van der Waals surface area contributed by atoms with Crippen LogP contribution in [0.1, 0.15) is 285 Å². The van der Waals surface area contributed by atoms with Crippen LogP contribution >= 0.6 is 0 Å². The number of hydrogen-bond acceptors (Lipinski definition) is 6. The molecular weight excluding hydrogens is 721 g/mol. The van der Waals surface area contributed by atoms with Gasteiger partial charge in [-0.2, -0.15) is 0 Å². The van der Waals surface area contributed by atoms with Gasteiger partial charge in [-0.1, -0.05) is 247 Å². The predicted molar refractivity (Wildman–Crippen MR) is 247 cm³/mol. The van der Waals surface area contributed by atoms with Crippen LogP contribution in [-0.4, -0.2) is 37.2 Å². The van der Waals surface area contributed by atoms with Crippen molar-refractivity contribution in [3.05, 3.63) is 0 Å². The first-order valence-corrected chi connectivity index (χ1v) is 25.8. The van der Waals surface area contributed by atoms with E-state index in [0.717, 1.165) is 69.6 Å². The maximum atomic E-state index is 12.7. The highest BCUT2D eigenvalue weighted by molar-refractivity contribution is 5.71. The normalized spacial score (nSPS) is 12.5. The molecule has 0 rings (SSSR count). The lowest BCUT2D eigenvalue weighted by Crippen LogP contribution is -2.30. The molecule has 0 aromatic heterocycles. The second-order valence-electron chi connectivity index (χ2n) is 18.5. The van der Waals surface area contributed by atoms with E-state index >= 15 is 0 Å². The van der Waals surface area contributed by atoms with Crippen molar-refractivity contribution < 1.29 is 28.6 Å². The summed E-state index contributed by atoms with van der Waals surface area (Å²) in [7, 11) is 0. The highest BCUT2D eigenvalue weighted by Crippen LogP contribution is 2.18. The van der Waals surface area contributed by atoms with Gasteiger partial charge in [0.15, 0.2) is 6.10 Å². The van der Waals surface area contributed by atoms with Crippen LogP contribution in [0, 0.1) is 11.8 Å². The van der Waals surface area contributed by atoms with E-state index in [2.05, 4.69) is 34.6 Å². The molecule has 0 N–H and O–H groups in total. The van der Waals surface area contributed by atoms with Gasteiger partial charge in [-0.15, -0.1) is 0 Å². The molecule has 6 heteroatoms. The summed E-state index contributed by atoms with van der Waals surface area (Å²) < 4.78 is 16.8. The summed E-state index contributed by atoms with van der Waals surface area (Å²) in [6, 6.07) is 0. The highest BCUT2D eigenvalue weighted by atomic mass is 16.6.